The van der Waals surface area contributed by atoms with Crippen LogP contribution in [-0.2, 0) is 29.6 Å². The lowest BCUT2D eigenvalue weighted by atomic mass is 9.95. The van der Waals surface area contributed by atoms with Gasteiger partial charge in [-0.2, -0.15) is 8.61 Å². The Morgan fingerprint density at radius 3 is 1.76 bits per heavy atom. The molecule has 10 heteroatoms. The number of ether oxygens (including phenoxy) is 1. The van der Waals surface area contributed by atoms with Gasteiger partial charge in [0.15, 0.2) is 0 Å². The van der Waals surface area contributed by atoms with Gasteiger partial charge in [-0.1, -0.05) is 38.5 Å². The van der Waals surface area contributed by atoms with Crippen LogP contribution in [0.3, 0.4) is 0 Å². The zero-order chi connectivity index (χ0) is 24.1. The van der Waals surface area contributed by atoms with E-state index in [1.165, 1.54) is 40.0 Å². The molecule has 1 aromatic carbocycles. The Balaban J connectivity index is 1.83. The predicted molar refractivity (Wildman–Crippen MR) is 126 cm³/mol. The molecular weight excluding hydrogens is 464 g/mol. The molecule has 2 saturated carbocycles. The van der Waals surface area contributed by atoms with E-state index in [-0.39, 0.29) is 34.8 Å². The number of hydrogen-bond acceptors (Lipinski definition) is 6. The van der Waals surface area contributed by atoms with Gasteiger partial charge in [0.05, 0.1) is 23.3 Å². The Morgan fingerprint density at radius 1 is 0.818 bits per heavy atom. The van der Waals surface area contributed by atoms with Crippen molar-refractivity contribution in [3.8, 4) is 0 Å². The molecule has 1 aromatic rings. The molecular formula is C23H36N2O6S2. The minimum atomic E-state index is -3.89. The number of methoxy groups -OCH3 is 1. The summed E-state index contributed by atoms with van der Waals surface area (Å²) in [6, 6.07) is 5.29. The van der Waals surface area contributed by atoms with Crippen LogP contribution >= 0.6 is 0 Å². The second kappa shape index (κ2) is 11.3. The van der Waals surface area contributed by atoms with Gasteiger partial charge in [-0.3, -0.25) is 4.79 Å². The van der Waals surface area contributed by atoms with E-state index in [1.54, 1.807) is 7.05 Å². The summed E-state index contributed by atoms with van der Waals surface area (Å²) < 4.78 is 60.7. The fourth-order valence-corrected chi connectivity index (χ4v) is 8.00. The van der Waals surface area contributed by atoms with Crippen molar-refractivity contribution < 1.29 is 26.4 Å². The van der Waals surface area contributed by atoms with Gasteiger partial charge in [0.1, 0.15) is 0 Å². The summed E-state index contributed by atoms with van der Waals surface area (Å²) in [5, 5.41) is 0. The second-order valence-electron chi connectivity index (χ2n) is 9.02. The van der Waals surface area contributed by atoms with E-state index in [1.807, 2.05) is 0 Å². The van der Waals surface area contributed by atoms with E-state index in [0.29, 0.717) is 0 Å². The number of nitrogens with zero attached hydrogens (tertiary/aromatic N) is 2. The smallest absolute Gasteiger partial charge is 0.306 e. The minimum Gasteiger partial charge on any atom is -0.469 e. The molecule has 0 N–H and O–H groups in total. The minimum absolute atomic E-state index is 0.0210. The van der Waals surface area contributed by atoms with Crippen LogP contribution < -0.4 is 0 Å². The largest absolute Gasteiger partial charge is 0.469 e. The molecule has 0 bridgehead atoms. The topological polar surface area (TPSA) is 101 Å². The third kappa shape index (κ3) is 6.15. The van der Waals surface area contributed by atoms with Crippen LogP contribution in [0.1, 0.15) is 70.6 Å². The zero-order valence-electron chi connectivity index (χ0n) is 19.6. The predicted octanol–water partition coefficient (Wildman–Crippen LogP) is 3.53. The average Bonchev–Trinajstić information content (AvgIpc) is 2.84. The first-order chi connectivity index (χ1) is 15.7. The summed E-state index contributed by atoms with van der Waals surface area (Å²) in [6.07, 6.45) is 9.29. The van der Waals surface area contributed by atoms with Crippen molar-refractivity contribution in [2.75, 3.05) is 20.7 Å². The molecule has 8 nitrogen and oxygen atoms in total. The molecule has 33 heavy (non-hydrogen) atoms. The third-order valence-corrected chi connectivity index (χ3v) is 10.8. The Hall–Kier alpha value is -1.49. The highest BCUT2D eigenvalue weighted by molar-refractivity contribution is 7.89. The van der Waals surface area contributed by atoms with Crippen molar-refractivity contribution in [1.82, 2.24) is 8.61 Å². The summed E-state index contributed by atoms with van der Waals surface area (Å²) in [4.78, 5) is 11.8. The molecule has 186 valence electrons. The van der Waals surface area contributed by atoms with E-state index < -0.39 is 26.0 Å². The summed E-state index contributed by atoms with van der Waals surface area (Å²) >= 11 is 0. The molecule has 0 radical (unpaired) electrons. The van der Waals surface area contributed by atoms with Gasteiger partial charge in [-0.25, -0.2) is 16.8 Å². The van der Waals surface area contributed by atoms with Gasteiger partial charge in [-0.05, 0) is 49.9 Å². The summed E-state index contributed by atoms with van der Waals surface area (Å²) in [5.74, 6) is -0.460. The first kappa shape index (κ1) is 26.1. The van der Waals surface area contributed by atoms with E-state index in [2.05, 4.69) is 0 Å². The highest BCUT2D eigenvalue weighted by Gasteiger charge is 2.34. The Kier molecular flexibility index (Phi) is 8.94. The lowest BCUT2D eigenvalue weighted by Crippen LogP contribution is -2.42. The van der Waals surface area contributed by atoms with Crippen LogP contribution in [0.25, 0.3) is 0 Å². The van der Waals surface area contributed by atoms with Crippen molar-refractivity contribution in [3.05, 3.63) is 24.3 Å². The summed E-state index contributed by atoms with van der Waals surface area (Å²) in [5.41, 5.74) is 0. The molecule has 2 aliphatic carbocycles. The summed E-state index contributed by atoms with van der Waals surface area (Å²) in [6.45, 7) is 0.0458. The molecule has 0 atom stereocenters. The number of esters is 1. The molecule has 0 aromatic heterocycles. The van der Waals surface area contributed by atoms with Gasteiger partial charge >= 0.3 is 5.97 Å². The Morgan fingerprint density at radius 2 is 1.27 bits per heavy atom. The second-order valence-corrected chi connectivity index (χ2v) is 12.9. The SMILES string of the molecule is COC(=O)CCN(C1CCCCC1)S(=O)(=O)c1ccc(S(=O)(=O)N(C)C2CCCCC2)cc1. The number of benzene rings is 1. The molecule has 0 spiro atoms. The number of carbonyl (C=O) groups is 1. The van der Waals surface area contributed by atoms with Crippen LogP contribution in [0.15, 0.2) is 34.1 Å². The normalized spacial score (nSPS) is 19.2. The molecule has 2 fully saturated rings. The lowest BCUT2D eigenvalue weighted by molar-refractivity contribution is -0.140. The Bertz CT molecular complexity index is 996. The van der Waals surface area contributed by atoms with Gasteiger partial charge < -0.3 is 4.74 Å². The molecule has 3 rings (SSSR count). The maximum absolute atomic E-state index is 13.5. The van der Waals surface area contributed by atoms with Crippen molar-refractivity contribution in [2.24, 2.45) is 0 Å². The lowest BCUT2D eigenvalue weighted by Gasteiger charge is -2.33. The molecule has 0 aliphatic heterocycles. The number of rotatable bonds is 9. The van der Waals surface area contributed by atoms with Gasteiger partial charge in [0.25, 0.3) is 0 Å². The van der Waals surface area contributed by atoms with Crippen LogP contribution in [-0.4, -0.2) is 64.2 Å². The van der Waals surface area contributed by atoms with Crippen LogP contribution in [0.5, 0.6) is 0 Å². The first-order valence-corrected chi connectivity index (χ1v) is 14.7. The fourth-order valence-electron chi connectivity index (χ4n) is 4.90. The van der Waals surface area contributed by atoms with Gasteiger partial charge in [-0.15, -0.1) is 0 Å². The molecule has 0 saturated heterocycles. The fraction of sp³-hybridized carbons (Fsp3) is 0.696. The third-order valence-electron chi connectivity index (χ3n) is 6.94. The van der Waals surface area contributed by atoms with Gasteiger partial charge in [0.2, 0.25) is 20.0 Å². The van der Waals surface area contributed by atoms with E-state index >= 15 is 0 Å². The Labute approximate surface area is 198 Å². The van der Waals surface area contributed by atoms with Crippen LogP contribution in [0.4, 0.5) is 0 Å². The molecule has 0 unspecified atom stereocenters. The number of sulfonamides is 2. The van der Waals surface area contributed by atoms with Crippen molar-refractivity contribution >= 4 is 26.0 Å². The van der Waals surface area contributed by atoms with Crippen molar-refractivity contribution in [3.63, 3.8) is 0 Å². The summed E-state index contributed by atoms with van der Waals surface area (Å²) in [7, 11) is -4.71. The van der Waals surface area contributed by atoms with Crippen molar-refractivity contribution in [2.45, 2.75) is 92.5 Å². The number of carbonyl (C=O) groups excluding carboxylic acids is 1. The maximum Gasteiger partial charge on any atom is 0.306 e. The monoisotopic (exact) mass is 500 g/mol. The standard InChI is InChI=1S/C23H36N2O6S2/c1-24(19-9-5-3-6-10-19)32(27,28)21-13-15-22(16-14-21)33(29,30)25(18-17-23(26)31-2)20-11-7-4-8-12-20/h13-16,19-20H,3-12,17-18H2,1-2H3. The zero-order valence-corrected chi connectivity index (χ0v) is 21.2. The first-order valence-electron chi connectivity index (χ1n) is 11.8. The van der Waals surface area contributed by atoms with Crippen LogP contribution in [0, 0.1) is 0 Å². The molecule has 0 heterocycles. The number of hydrogen-bond donors (Lipinski definition) is 0. The molecule has 2 aliphatic rings. The van der Waals surface area contributed by atoms with Crippen LogP contribution in [0.2, 0.25) is 0 Å². The van der Waals surface area contributed by atoms with Gasteiger partial charge in [0, 0.05) is 25.7 Å². The highest BCUT2D eigenvalue weighted by atomic mass is 32.2. The quantitative estimate of drug-likeness (QED) is 0.481. The van der Waals surface area contributed by atoms with Crippen molar-refractivity contribution in [1.29, 1.82) is 0 Å². The maximum atomic E-state index is 13.5. The average molecular weight is 501 g/mol. The van der Waals surface area contributed by atoms with E-state index in [9.17, 15) is 21.6 Å². The van der Waals surface area contributed by atoms with E-state index in [0.717, 1.165) is 64.2 Å². The highest BCUT2D eigenvalue weighted by Crippen LogP contribution is 2.30. The molecule has 0 amide bonds. The van der Waals surface area contributed by atoms with E-state index in [4.69, 9.17) is 4.74 Å².